The van der Waals surface area contributed by atoms with Gasteiger partial charge in [-0.25, -0.2) is 4.98 Å². The summed E-state index contributed by atoms with van der Waals surface area (Å²) in [5.41, 5.74) is 6.47. The molecule has 19 heavy (non-hydrogen) atoms. The van der Waals surface area contributed by atoms with Crippen LogP contribution in [0.4, 0.5) is 0 Å². The molecule has 0 aliphatic carbocycles. The standard InChI is InChI=1S/C15H14N2OS/c16-8-15-17-13(10-19-15)9-18-14-6-5-11-3-1-2-4-12(11)7-14/h1-7,10H,8-9,16H2. The number of benzene rings is 2. The van der Waals surface area contributed by atoms with E-state index in [9.17, 15) is 0 Å². The van der Waals surface area contributed by atoms with Gasteiger partial charge in [0, 0.05) is 11.9 Å². The molecule has 0 saturated carbocycles. The summed E-state index contributed by atoms with van der Waals surface area (Å²) >= 11 is 1.57. The van der Waals surface area contributed by atoms with Gasteiger partial charge in [0.05, 0.1) is 5.69 Å². The highest BCUT2D eigenvalue weighted by atomic mass is 32.1. The molecule has 0 aliphatic heterocycles. The lowest BCUT2D eigenvalue weighted by Gasteiger charge is -2.05. The number of thiazole rings is 1. The average molecular weight is 270 g/mol. The Morgan fingerprint density at radius 3 is 2.74 bits per heavy atom. The molecule has 3 rings (SSSR count). The molecule has 0 bridgehead atoms. The summed E-state index contributed by atoms with van der Waals surface area (Å²) < 4.78 is 5.76. The predicted octanol–water partition coefficient (Wildman–Crippen LogP) is 3.33. The van der Waals surface area contributed by atoms with Crippen molar-refractivity contribution >= 4 is 22.1 Å². The van der Waals surface area contributed by atoms with E-state index in [1.165, 1.54) is 10.8 Å². The average Bonchev–Trinajstić information content (AvgIpc) is 2.93. The zero-order valence-electron chi connectivity index (χ0n) is 10.4. The lowest BCUT2D eigenvalue weighted by molar-refractivity contribution is 0.302. The number of aromatic nitrogens is 1. The van der Waals surface area contributed by atoms with E-state index >= 15 is 0 Å². The summed E-state index contributed by atoms with van der Waals surface area (Å²) in [6.07, 6.45) is 0. The van der Waals surface area contributed by atoms with Crippen LogP contribution in [0.5, 0.6) is 5.75 Å². The highest BCUT2D eigenvalue weighted by molar-refractivity contribution is 7.09. The first kappa shape index (κ1) is 12.1. The molecule has 1 aromatic heterocycles. The first-order chi connectivity index (χ1) is 9.35. The second-order valence-corrected chi connectivity index (χ2v) is 5.18. The zero-order chi connectivity index (χ0) is 13.1. The molecule has 1 heterocycles. The number of rotatable bonds is 4. The molecule has 2 aromatic carbocycles. The van der Waals surface area contributed by atoms with Gasteiger partial charge in [0.2, 0.25) is 0 Å². The molecule has 0 fully saturated rings. The van der Waals surface area contributed by atoms with E-state index < -0.39 is 0 Å². The Hall–Kier alpha value is -1.91. The van der Waals surface area contributed by atoms with E-state index in [4.69, 9.17) is 10.5 Å². The molecule has 0 atom stereocenters. The van der Waals surface area contributed by atoms with Crippen LogP contribution >= 0.6 is 11.3 Å². The number of nitrogens with two attached hydrogens (primary N) is 1. The van der Waals surface area contributed by atoms with E-state index in [1.807, 2.05) is 29.6 Å². The normalized spacial score (nSPS) is 10.8. The van der Waals surface area contributed by atoms with Gasteiger partial charge in [-0.1, -0.05) is 30.3 Å². The molecule has 0 radical (unpaired) electrons. The Bertz CT molecular complexity index is 693. The second kappa shape index (κ2) is 5.38. The summed E-state index contributed by atoms with van der Waals surface area (Å²) in [5, 5.41) is 5.33. The number of ether oxygens (including phenoxy) is 1. The maximum Gasteiger partial charge on any atom is 0.131 e. The number of hydrogen-bond donors (Lipinski definition) is 1. The van der Waals surface area contributed by atoms with Gasteiger partial charge in [-0.05, 0) is 22.9 Å². The summed E-state index contributed by atoms with van der Waals surface area (Å²) in [5.74, 6) is 0.862. The van der Waals surface area contributed by atoms with Gasteiger partial charge in [-0.2, -0.15) is 0 Å². The Morgan fingerprint density at radius 2 is 1.95 bits per heavy atom. The summed E-state index contributed by atoms with van der Waals surface area (Å²) in [6.45, 7) is 0.968. The highest BCUT2D eigenvalue weighted by Crippen LogP contribution is 2.21. The smallest absolute Gasteiger partial charge is 0.131 e. The fourth-order valence-corrected chi connectivity index (χ4v) is 2.58. The number of fused-ring (bicyclic) bond motifs is 1. The predicted molar refractivity (Wildman–Crippen MR) is 78.3 cm³/mol. The Balaban J connectivity index is 1.74. The fraction of sp³-hybridized carbons (Fsp3) is 0.133. The molecule has 3 nitrogen and oxygen atoms in total. The molecule has 96 valence electrons. The van der Waals surface area contributed by atoms with Gasteiger partial charge < -0.3 is 10.5 Å². The molecule has 2 N–H and O–H groups in total. The molecule has 0 unspecified atom stereocenters. The molecule has 0 amide bonds. The van der Waals surface area contributed by atoms with Crippen LogP contribution in [0.25, 0.3) is 10.8 Å². The second-order valence-electron chi connectivity index (χ2n) is 4.23. The van der Waals surface area contributed by atoms with E-state index in [0.717, 1.165) is 16.5 Å². The topological polar surface area (TPSA) is 48.1 Å². The van der Waals surface area contributed by atoms with Gasteiger partial charge in [-0.15, -0.1) is 11.3 Å². The quantitative estimate of drug-likeness (QED) is 0.791. The molecule has 4 heteroatoms. The Labute approximate surface area is 115 Å². The van der Waals surface area contributed by atoms with Gasteiger partial charge in [-0.3, -0.25) is 0 Å². The van der Waals surface area contributed by atoms with Crippen molar-refractivity contribution in [3.05, 3.63) is 58.5 Å². The molecule has 0 spiro atoms. The monoisotopic (exact) mass is 270 g/mol. The van der Waals surface area contributed by atoms with E-state index in [0.29, 0.717) is 13.2 Å². The molecular formula is C15H14N2OS. The molecule has 3 aromatic rings. The lowest BCUT2D eigenvalue weighted by atomic mass is 10.1. The minimum absolute atomic E-state index is 0.481. The zero-order valence-corrected chi connectivity index (χ0v) is 11.2. The van der Waals surface area contributed by atoms with Crippen LogP contribution in [-0.2, 0) is 13.2 Å². The van der Waals surface area contributed by atoms with Crippen molar-refractivity contribution in [2.45, 2.75) is 13.2 Å². The highest BCUT2D eigenvalue weighted by Gasteiger charge is 2.02. The minimum Gasteiger partial charge on any atom is -0.487 e. The van der Waals surface area contributed by atoms with Gasteiger partial charge in [0.1, 0.15) is 17.4 Å². The van der Waals surface area contributed by atoms with E-state index in [2.05, 4.69) is 23.2 Å². The molecule has 0 aliphatic rings. The van der Waals surface area contributed by atoms with Crippen LogP contribution in [0, 0.1) is 0 Å². The van der Waals surface area contributed by atoms with Crippen LogP contribution in [0.15, 0.2) is 47.8 Å². The third-order valence-electron chi connectivity index (χ3n) is 2.88. The minimum atomic E-state index is 0.481. The summed E-state index contributed by atoms with van der Waals surface area (Å²) in [4.78, 5) is 4.37. The largest absolute Gasteiger partial charge is 0.487 e. The van der Waals surface area contributed by atoms with Crippen molar-refractivity contribution in [1.29, 1.82) is 0 Å². The van der Waals surface area contributed by atoms with Crippen LogP contribution in [0.1, 0.15) is 10.7 Å². The van der Waals surface area contributed by atoms with E-state index in [-0.39, 0.29) is 0 Å². The van der Waals surface area contributed by atoms with Gasteiger partial charge in [0.25, 0.3) is 0 Å². The SMILES string of the molecule is NCc1nc(COc2ccc3ccccc3c2)cs1. The first-order valence-corrected chi connectivity index (χ1v) is 6.98. The third kappa shape index (κ3) is 2.75. The van der Waals surface area contributed by atoms with Crippen molar-refractivity contribution in [3.63, 3.8) is 0 Å². The number of hydrogen-bond acceptors (Lipinski definition) is 4. The van der Waals surface area contributed by atoms with Gasteiger partial charge in [0.15, 0.2) is 0 Å². The summed E-state index contributed by atoms with van der Waals surface area (Å²) in [6, 6.07) is 14.3. The first-order valence-electron chi connectivity index (χ1n) is 6.10. The number of nitrogens with zero attached hydrogens (tertiary/aromatic N) is 1. The molecular weight excluding hydrogens is 256 g/mol. The maximum absolute atomic E-state index is 5.76. The molecule has 0 saturated heterocycles. The van der Waals surface area contributed by atoms with Crippen molar-refractivity contribution in [2.24, 2.45) is 5.73 Å². The van der Waals surface area contributed by atoms with E-state index in [1.54, 1.807) is 11.3 Å². The Morgan fingerprint density at radius 1 is 1.11 bits per heavy atom. The van der Waals surface area contributed by atoms with Crippen molar-refractivity contribution < 1.29 is 4.74 Å². The van der Waals surface area contributed by atoms with Crippen LogP contribution in [0.2, 0.25) is 0 Å². The maximum atomic E-state index is 5.76. The fourth-order valence-electron chi connectivity index (χ4n) is 1.92. The third-order valence-corrected chi connectivity index (χ3v) is 3.80. The van der Waals surface area contributed by atoms with Crippen molar-refractivity contribution in [3.8, 4) is 5.75 Å². The van der Waals surface area contributed by atoms with Crippen molar-refractivity contribution in [2.75, 3.05) is 0 Å². The Kier molecular flexibility index (Phi) is 3.44. The van der Waals surface area contributed by atoms with Crippen LogP contribution in [0.3, 0.4) is 0 Å². The van der Waals surface area contributed by atoms with Crippen LogP contribution in [-0.4, -0.2) is 4.98 Å². The lowest BCUT2D eigenvalue weighted by Crippen LogP contribution is -1.98. The van der Waals surface area contributed by atoms with Crippen molar-refractivity contribution in [1.82, 2.24) is 4.98 Å². The van der Waals surface area contributed by atoms with Gasteiger partial charge >= 0.3 is 0 Å². The summed E-state index contributed by atoms with van der Waals surface area (Å²) in [7, 11) is 0. The van der Waals surface area contributed by atoms with Crippen LogP contribution < -0.4 is 10.5 Å².